The highest BCUT2D eigenvalue weighted by atomic mass is 16.5. The second kappa shape index (κ2) is 9.69. The highest BCUT2D eigenvalue weighted by Gasteiger charge is 2.57. The number of likely N-dealkylation sites (tertiary alicyclic amines) is 1. The predicted molar refractivity (Wildman–Crippen MR) is 111 cm³/mol. The van der Waals surface area contributed by atoms with Crippen molar-refractivity contribution in [1.29, 1.82) is 0 Å². The smallest absolute Gasteiger partial charge is 0.327 e. The van der Waals surface area contributed by atoms with Crippen molar-refractivity contribution in [2.45, 2.75) is 37.8 Å². The minimum atomic E-state index is -0.740. The molecule has 0 saturated carbocycles. The van der Waals surface area contributed by atoms with Gasteiger partial charge in [-0.05, 0) is 31.7 Å². The largest absolute Gasteiger partial charge is 0.383 e. The molecule has 1 aromatic rings. The molecule has 1 aromatic carbocycles. The Bertz CT molecular complexity index is 689. The molecule has 160 valence electrons. The summed E-state index contributed by atoms with van der Waals surface area (Å²) in [5.41, 5.74) is 0.385. The highest BCUT2D eigenvalue weighted by molar-refractivity contribution is 6.07. The Kier molecular flexibility index (Phi) is 7.27. The number of piperidine rings is 1. The second-order valence-corrected chi connectivity index (χ2v) is 7.99. The maximum Gasteiger partial charge on any atom is 0.327 e. The van der Waals surface area contributed by atoms with Crippen LogP contribution in [0.2, 0.25) is 0 Å². The van der Waals surface area contributed by atoms with Crippen molar-refractivity contribution in [2.75, 3.05) is 53.6 Å². The Balaban J connectivity index is 1.74. The number of carbonyl (C=O) groups excluding carboxylic acids is 2. The van der Waals surface area contributed by atoms with Crippen LogP contribution >= 0.6 is 0 Å². The van der Waals surface area contributed by atoms with Crippen LogP contribution in [0.25, 0.3) is 0 Å². The van der Waals surface area contributed by atoms with Gasteiger partial charge >= 0.3 is 6.03 Å². The van der Waals surface area contributed by atoms with Gasteiger partial charge in [0, 0.05) is 46.4 Å². The van der Waals surface area contributed by atoms with Crippen molar-refractivity contribution >= 4 is 11.9 Å². The number of methoxy groups -OCH3 is 2. The van der Waals surface area contributed by atoms with E-state index in [1.54, 1.807) is 19.1 Å². The molecule has 1 unspecified atom stereocenters. The third kappa shape index (κ3) is 4.47. The number of hydrogen-bond acceptors (Lipinski definition) is 5. The number of nitrogens with zero attached hydrogens (tertiary/aromatic N) is 3. The van der Waals surface area contributed by atoms with E-state index < -0.39 is 5.54 Å². The molecule has 0 N–H and O–H groups in total. The number of imide groups is 1. The Labute approximate surface area is 173 Å². The van der Waals surface area contributed by atoms with Crippen molar-refractivity contribution in [3.05, 3.63) is 35.9 Å². The molecule has 7 nitrogen and oxygen atoms in total. The van der Waals surface area contributed by atoms with Crippen LogP contribution in [0.3, 0.4) is 0 Å². The van der Waals surface area contributed by atoms with Crippen LogP contribution in [0, 0.1) is 0 Å². The molecule has 0 bridgehead atoms. The van der Waals surface area contributed by atoms with Crippen LogP contribution in [0.5, 0.6) is 0 Å². The fraction of sp³-hybridized carbons (Fsp3) is 0.636. The lowest BCUT2D eigenvalue weighted by atomic mass is 9.85. The molecule has 2 heterocycles. The third-order valence-corrected chi connectivity index (χ3v) is 6.26. The first-order chi connectivity index (χ1) is 14.0. The molecule has 0 aromatic heterocycles. The van der Waals surface area contributed by atoms with Gasteiger partial charge in [-0.25, -0.2) is 4.79 Å². The molecule has 0 radical (unpaired) electrons. The SMILES string of the molecule is COCCN1C(=O)N(CCc2ccccc2)C(=O)C12CCN(C(C)COC)CC2. The van der Waals surface area contributed by atoms with E-state index in [0.717, 1.165) is 18.7 Å². The summed E-state index contributed by atoms with van der Waals surface area (Å²) >= 11 is 0. The fourth-order valence-electron chi connectivity index (χ4n) is 4.52. The summed E-state index contributed by atoms with van der Waals surface area (Å²) < 4.78 is 10.5. The van der Waals surface area contributed by atoms with E-state index in [9.17, 15) is 9.59 Å². The topological polar surface area (TPSA) is 62.3 Å². The third-order valence-electron chi connectivity index (χ3n) is 6.26. The number of carbonyl (C=O) groups is 2. The van der Waals surface area contributed by atoms with Crippen molar-refractivity contribution < 1.29 is 19.1 Å². The highest BCUT2D eigenvalue weighted by Crippen LogP contribution is 2.37. The van der Waals surface area contributed by atoms with Gasteiger partial charge in [0.25, 0.3) is 5.91 Å². The molecule has 3 amide bonds. The van der Waals surface area contributed by atoms with Gasteiger partial charge in [-0.15, -0.1) is 0 Å². The summed E-state index contributed by atoms with van der Waals surface area (Å²) in [5, 5.41) is 0. The Morgan fingerprint density at radius 1 is 1.03 bits per heavy atom. The molecule has 2 saturated heterocycles. The summed E-state index contributed by atoms with van der Waals surface area (Å²) in [7, 11) is 3.33. The minimum absolute atomic E-state index is 0.0476. The lowest BCUT2D eigenvalue weighted by Crippen LogP contribution is -2.58. The zero-order valence-electron chi connectivity index (χ0n) is 17.8. The van der Waals surface area contributed by atoms with Gasteiger partial charge in [0.05, 0.1) is 13.2 Å². The summed E-state index contributed by atoms with van der Waals surface area (Å²) in [6.45, 7) is 5.64. The average Bonchev–Trinajstić information content (AvgIpc) is 2.92. The van der Waals surface area contributed by atoms with Crippen LogP contribution < -0.4 is 0 Å². The molecule has 7 heteroatoms. The first kappa shape index (κ1) is 21.7. The lowest BCUT2D eigenvalue weighted by Gasteiger charge is -2.43. The van der Waals surface area contributed by atoms with Gasteiger partial charge in [-0.2, -0.15) is 0 Å². The maximum atomic E-state index is 13.5. The molecule has 3 rings (SSSR count). The van der Waals surface area contributed by atoms with E-state index in [2.05, 4.69) is 11.8 Å². The number of urea groups is 1. The summed E-state index contributed by atoms with van der Waals surface area (Å²) in [4.78, 5) is 32.2. The zero-order valence-corrected chi connectivity index (χ0v) is 17.8. The van der Waals surface area contributed by atoms with E-state index >= 15 is 0 Å². The number of benzene rings is 1. The van der Waals surface area contributed by atoms with Crippen molar-refractivity contribution in [3.63, 3.8) is 0 Å². The predicted octanol–water partition coefficient (Wildman–Crippen LogP) is 2.01. The maximum absolute atomic E-state index is 13.5. The van der Waals surface area contributed by atoms with Crippen LogP contribution in [0.1, 0.15) is 25.3 Å². The average molecular weight is 404 g/mol. The molecule has 0 aliphatic carbocycles. The first-order valence-electron chi connectivity index (χ1n) is 10.4. The summed E-state index contributed by atoms with van der Waals surface area (Å²) in [6, 6.07) is 10.1. The molecule has 1 atom stereocenters. The molecule has 2 aliphatic rings. The number of hydrogen-bond donors (Lipinski definition) is 0. The molecular weight excluding hydrogens is 370 g/mol. The van der Waals surface area contributed by atoms with Gasteiger partial charge < -0.3 is 14.4 Å². The Morgan fingerprint density at radius 2 is 1.72 bits per heavy atom. The van der Waals surface area contributed by atoms with E-state index in [4.69, 9.17) is 9.47 Å². The van der Waals surface area contributed by atoms with E-state index in [1.165, 1.54) is 4.90 Å². The van der Waals surface area contributed by atoms with Gasteiger partial charge in [-0.1, -0.05) is 30.3 Å². The van der Waals surface area contributed by atoms with Gasteiger partial charge in [-0.3, -0.25) is 14.6 Å². The van der Waals surface area contributed by atoms with Crippen molar-refractivity contribution in [3.8, 4) is 0 Å². The standard InChI is InChI=1S/C22H33N3O4/c1-18(17-29-3)23-13-10-22(11-14-23)20(26)24(21(27)25(22)15-16-28-2)12-9-19-7-5-4-6-8-19/h4-8,18H,9-17H2,1-3H3. The molecule has 2 aliphatic heterocycles. The van der Waals surface area contributed by atoms with Crippen LogP contribution in [0.4, 0.5) is 4.79 Å². The monoisotopic (exact) mass is 403 g/mol. The minimum Gasteiger partial charge on any atom is -0.383 e. The molecule has 2 fully saturated rings. The van der Waals surface area contributed by atoms with Crippen LogP contribution in [-0.4, -0.2) is 91.8 Å². The van der Waals surface area contributed by atoms with E-state index in [0.29, 0.717) is 51.6 Å². The lowest BCUT2D eigenvalue weighted by molar-refractivity contribution is -0.136. The molecule has 29 heavy (non-hydrogen) atoms. The quantitative estimate of drug-likeness (QED) is 0.590. The number of rotatable bonds is 9. The first-order valence-corrected chi connectivity index (χ1v) is 10.4. The normalized spacial score (nSPS) is 20.7. The van der Waals surface area contributed by atoms with Gasteiger partial charge in [0.15, 0.2) is 0 Å². The summed E-state index contributed by atoms with van der Waals surface area (Å²) in [5.74, 6) is -0.0476. The number of ether oxygens (including phenoxy) is 2. The van der Waals surface area contributed by atoms with Crippen LogP contribution in [-0.2, 0) is 20.7 Å². The zero-order chi connectivity index (χ0) is 20.9. The second-order valence-electron chi connectivity index (χ2n) is 7.99. The van der Waals surface area contributed by atoms with Gasteiger partial charge in [0.1, 0.15) is 5.54 Å². The van der Waals surface area contributed by atoms with Gasteiger partial charge in [0.2, 0.25) is 0 Å². The summed E-state index contributed by atoms with van der Waals surface area (Å²) in [6.07, 6.45) is 1.97. The number of amides is 3. The van der Waals surface area contributed by atoms with Crippen molar-refractivity contribution in [1.82, 2.24) is 14.7 Å². The Hall–Kier alpha value is -1.96. The Morgan fingerprint density at radius 3 is 2.34 bits per heavy atom. The molecule has 1 spiro atoms. The van der Waals surface area contributed by atoms with E-state index in [-0.39, 0.29) is 11.9 Å². The van der Waals surface area contributed by atoms with E-state index in [1.807, 2.05) is 30.3 Å². The van der Waals surface area contributed by atoms with Crippen molar-refractivity contribution in [2.24, 2.45) is 0 Å². The molecular formula is C22H33N3O4. The van der Waals surface area contributed by atoms with Crippen LogP contribution in [0.15, 0.2) is 30.3 Å². The fourth-order valence-corrected chi connectivity index (χ4v) is 4.52.